The average Bonchev–Trinajstić information content (AvgIpc) is 2.61. The van der Waals surface area contributed by atoms with Crippen LogP contribution in [0.25, 0.3) is 11.0 Å². The number of carbonyl (C=O) groups is 1. The molecule has 0 bridgehead atoms. The van der Waals surface area contributed by atoms with Crippen molar-refractivity contribution >= 4 is 16.8 Å². The third kappa shape index (κ3) is 5.28. The van der Waals surface area contributed by atoms with E-state index in [9.17, 15) is 14.7 Å². The highest BCUT2D eigenvalue weighted by Gasteiger charge is 2.25. The minimum atomic E-state index is -0.615. The number of aromatic hydroxyl groups is 1. The number of para-hydroxylation sites is 1. The van der Waals surface area contributed by atoms with E-state index in [0.717, 1.165) is 5.56 Å². The maximum absolute atomic E-state index is 12.4. The molecule has 0 aliphatic carbocycles. The van der Waals surface area contributed by atoms with Crippen LogP contribution >= 0.6 is 0 Å². The number of ketones is 1. The van der Waals surface area contributed by atoms with E-state index in [0.29, 0.717) is 11.0 Å². The van der Waals surface area contributed by atoms with E-state index in [2.05, 4.69) is 0 Å². The van der Waals surface area contributed by atoms with Crippen LogP contribution in [0, 0.1) is 0 Å². The smallest absolute Gasteiger partial charge is 0.343 e. The molecule has 0 saturated carbocycles. The zero-order valence-corrected chi connectivity index (χ0v) is 15.7. The number of aliphatic hydroxyl groups excluding tert-OH is 1. The van der Waals surface area contributed by atoms with Gasteiger partial charge in [0, 0.05) is 18.4 Å². The SMILES string of the molecule is CC(=O)CC(c1ccccc1)c1c(O)c2ccccc2oc1=O.CC(C)O. The number of Topliss-reactive ketones (excluding diaryl/α,β-unsaturated/α-hetero) is 1. The summed E-state index contributed by atoms with van der Waals surface area (Å²) in [6.07, 6.45) is -0.0410. The molecule has 5 nitrogen and oxygen atoms in total. The van der Waals surface area contributed by atoms with E-state index < -0.39 is 11.5 Å². The van der Waals surface area contributed by atoms with Crippen molar-refractivity contribution in [1.82, 2.24) is 0 Å². The van der Waals surface area contributed by atoms with Crippen molar-refractivity contribution in [2.24, 2.45) is 0 Å². The number of benzene rings is 2. The molecule has 3 aromatic rings. The van der Waals surface area contributed by atoms with Gasteiger partial charge < -0.3 is 14.6 Å². The Balaban J connectivity index is 0.000000596. The molecule has 1 unspecified atom stereocenters. The summed E-state index contributed by atoms with van der Waals surface area (Å²) in [5.41, 5.74) is 0.635. The number of rotatable bonds is 4. The Kier molecular flexibility index (Phi) is 6.91. The monoisotopic (exact) mass is 368 g/mol. The molecule has 1 heterocycles. The highest BCUT2D eigenvalue weighted by Crippen LogP contribution is 2.35. The van der Waals surface area contributed by atoms with Crippen LogP contribution in [-0.2, 0) is 4.79 Å². The fourth-order valence-corrected chi connectivity index (χ4v) is 2.81. The van der Waals surface area contributed by atoms with Crippen LogP contribution < -0.4 is 5.63 Å². The Morgan fingerprint density at radius 3 is 2.19 bits per heavy atom. The highest BCUT2D eigenvalue weighted by atomic mass is 16.4. The highest BCUT2D eigenvalue weighted by molar-refractivity contribution is 5.85. The standard InChI is InChI=1S/C19H16O4.C3H8O/c1-12(20)11-15(13-7-3-2-4-8-13)17-18(21)14-9-5-6-10-16(14)23-19(17)22;1-3(2)4/h2-10,15,21H,11H2,1H3;3-4H,1-2H3. The fourth-order valence-electron chi connectivity index (χ4n) is 2.81. The third-order valence-corrected chi connectivity index (χ3v) is 3.86. The van der Waals surface area contributed by atoms with Crippen LogP contribution in [0.15, 0.2) is 63.8 Å². The normalized spacial score (nSPS) is 11.7. The molecule has 0 saturated heterocycles. The Labute approximate surface area is 157 Å². The average molecular weight is 368 g/mol. The van der Waals surface area contributed by atoms with E-state index in [1.54, 1.807) is 38.1 Å². The van der Waals surface area contributed by atoms with Crippen molar-refractivity contribution in [3.8, 4) is 5.75 Å². The lowest BCUT2D eigenvalue weighted by Crippen LogP contribution is -2.16. The molecule has 27 heavy (non-hydrogen) atoms. The zero-order chi connectivity index (χ0) is 20.0. The first-order chi connectivity index (χ1) is 12.8. The number of carbonyl (C=O) groups excluding carboxylic acids is 1. The Morgan fingerprint density at radius 2 is 1.59 bits per heavy atom. The van der Waals surface area contributed by atoms with E-state index in [1.807, 2.05) is 30.3 Å². The maximum atomic E-state index is 12.4. The minimum Gasteiger partial charge on any atom is -0.507 e. The molecule has 0 aliphatic heterocycles. The Bertz CT molecular complexity index is 955. The zero-order valence-electron chi connectivity index (χ0n) is 15.7. The summed E-state index contributed by atoms with van der Waals surface area (Å²) in [6.45, 7) is 4.91. The molecule has 5 heteroatoms. The molecule has 0 radical (unpaired) electrons. The second kappa shape index (κ2) is 9.14. The molecule has 1 atom stereocenters. The van der Waals surface area contributed by atoms with Crippen molar-refractivity contribution in [2.75, 3.05) is 0 Å². The second-order valence-corrected chi connectivity index (χ2v) is 6.61. The van der Waals surface area contributed by atoms with Crippen LogP contribution in [0.3, 0.4) is 0 Å². The largest absolute Gasteiger partial charge is 0.507 e. The summed E-state index contributed by atoms with van der Waals surface area (Å²) in [5, 5.41) is 19.1. The molecule has 0 fully saturated rings. The first-order valence-electron chi connectivity index (χ1n) is 8.78. The molecule has 0 spiro atoms. The van der Waals surface area contributed by atoms with Gasteiger partial charge in [-0.25, -0.2) is 4.79 Å². The summed E-state index contributed by atoms with van der Waals surface area (Å²) in [6, 6.07) is 16.0. The van der Waals surface area contributed by atoms with Gasteiger partial charge in [-0.15, -0.1) is 0 Å². The van der Waals surface area contributed by atoms with Gasteiger partial charge in [0.1, 0.15) is 17.1 Å². The topological polar surface area (TPSA) is 87.7 Å². The molecule has 0 aliphatic rings. The lowest BCUT2D eigenvalue weighted by atomic mass is 9.87. The van der Waals surface area contributed by atoms with E-state index in [-0.39, 0.29) is 29.6 Å². The lowest BCUT2D eigenvalue weighted by molar-refractivity contribution is -0.117. The van der Waals surface area contributed by atoms with E-state index in [4.69, 9.17) is 9.52 Å². The van der Waals surface area contributed by atoms with Crippen molar-refractivity contribution in [3.05, 3.63) is 76.1 Å². The third-order valence-electron chi connectivity index (χ3n) is 3.86. The first kappa shape index (κ1) is 20.4. The van der Waals surface area contributed by atoms with Gasteiger partial charge in [0.2, 0.25) is 0 Å². The quantitative estimate of drug-likeness (QED) is 0.680. The second-order valence-electron chi connectivity index (χ2n) is 6.61. The molecule has 1 aromatic heterocycles. The summed E-state index contributed by atoms with van der Waals surface area (Å²) >= 11 is 0. The summed E-state index contributed by atoms with van der Waals surface area (Å²) in [7, 11) is 0. The molecule has 2 N–H and O–H groups in total. The Morgan fingerprint density at radius 1 is 1.04 bits per heavy atom. The van der Waals surface area contributed by atoms with Gasteiger partial charge >= 0.3 is 5.63 Å². The van der Waals surface area contributed by atoms with Crippen LogP contribution in [0.4, 0.5) is 0 Å². The van der Waals surface area contributed by atoms with Crippen molar-refractivity contribution in [2.45, 2.75) is 39.2 Å². The van der Waals surface area contributed by atoms with Crippen LogP contribution in [0.5, 0.6) is 5.75 Å². The number of aliphatic hydroxyl groups is 1. The number of hydrogen-bond donors (Lipinski definition) is 2. The maximum Gasteiger partial charge on any atom is 0.343 e. The summed E-state index contributed by atoms with van der Waals surface area (Å²) in [4.78, 5) is 24.1. The van der Waals surface area contributed by atoms with Gasteiger partial charge in [-0.2, -0.15) is 0 Å². The van der Waals surface area contributed by atoms with Gasteiger partial charge in [-0.3, -0.25) is 4.79 Å². The minimum absolute atomic E-state index is 0.0641. The van der Waals surface area contributed by atoms with Crippen molar-refractivity contribution < 1.29 is 19.4 Å². The molecule has 142 valence electrons. The molecule has 0 amide bonds. The predicted molar refractivity (Wildman–Crippen MR) is 105 cm³/mol. The first-order valence-corrected chi connectivity index (χ1v) is 8.78. The molecule has 2 aromatic carbocycles. The van der Waals surface area contributed by atoms with Gasteiger partial charge in [0.25, 0.3) is 0 Å². The van der Waals surface area contributed by atoms with Crippen LogP contribution in [-0.4, -0.2) is 22.1 Å². The summed E-state index contributed by atoms with van der Waals surface area (Å²) < 4.78 is 5.33. The van der Waals surface area contributed by atoms with Gasteiger partial charge in [0.05, 0.1) is 10.9 Å². The van der Waals surface area contributed by atoms with Crippen molar-refractivity contribution in [3.63, 3.8) is 0 Å². The fraction of sp³-hybridized carbons (Fsp3) is 0.273. The molecular formula is C22H24O5. The van der Waals surface area contributed by atoms with Gasteiger partial charge in [-0.05, 0) is 38.5 Å². The van der Waals surface area contributed by atoms with E-state index in [1.165, 1.54) is 6.92 Å². The molecule has 3 rings (SSSR count). The van der Waals surface area contributed by atoms with Crippen molar-refractivity contribution in [1.29, 1.82) is 0 Å². The number of hydrogen-bond acceptors (Lipinski definition) is 5. The lowest BCUT2D eigenvalue weighted by Gasteiger charge is -2.17. The van der Waals surface area contributed by atoms with Crippen LogP contribution in [0.2, 0.25) is 0 Å². The molecular weight excluding hydrogens is 344 g/mol. The van der Waals surface area contributed by atoms with Gasteiger partial charge in [0.15, 0.2) is 0 Å². The van der Waals surface area contributed by atoms with Crippen LogP contribution in [0.1, 0.15) is 44.2 Å². The predicted octanol–water partition coefficient (Wildman–Crippen LogP) is 4.00. The Hall–Kier alpha value is -2.92. The summed E-state index contributed by atoms with van der Waals surface area (Å²) in [5.74, 6) is -0.715. The number of fused-ring (bicyclic) bond motifs is 1. The van der Waals surface area contributed by atoms with Gasteiger partial charge in [-0.1, -0.05) is 42.5 Å². The van der Waals surface area contributed by atoms with E-state index >= 15 is 0 Å².